The summed E-state index contributed by atoms with van der Waals surface area (Å²) in [6, 6.07) is 6.44. The maximum Gasteiger partial charge on any atom is 0.0605 e. The van der Waals surface area contributed by atoms with Crippen molar-refractivity contribution in [3.05, 3.63) is 23.8 Å². The Kier molecular flexibility index (Phi) is 4.14. The van der Waals surface area contributed by atoms with Crippen LogP contribution in [0.4, 0.5) is 11.4 Å². The Morgan fingerprint density at radius 2 is 2.21 bits per heavy atom. The Labute approximate surface area is 90.3 Å². The molecule has 14 heavy (non-hydrogen) atoms. The van der Waals surface area contributed by atoms with E-state index in [2.05, 4.69) is 31.5 Å². The summed E-state index contributed by atoms with van der Waals surface area (Å²) in [4.78, 5) is 0. The van der Waals surface area contributed by atoms with Crippen molar-refractivity contribution in [1.29, 1.82) is 0 Å². The number of rotatable bonds is 4. The van der Waals surface area contributed by atoms with Gasteiger partial charge in [0.25, 0.3) is 0 Å². The second-order valence-corrected chi connectivity index (χ2v) is 4.45. The van der Waals surface area contributed by atoms with E-state index in [0.717, 1.165) is 17.1 Å². The maximum atomic E-state index is 5.90. The molecule has 0 heterocycles. The number of nitrogens with two attached hydrogens (primary N) is 1. The van der Waals surface area contributed by atoms with Crippen molar-refractivity contribution in [3.8, 4) is 0 Å². The highest BCUT2D eigenvalue weighted by Crippen LogP contribution is 2.23. The average molecular weight is 210 g/mol. The molecule has 0 aliphatic carbocycles. The Balaban J connectivity index is 2.75. The Bertz CT molecular complexity index is 279. The molecular weight excluding hydrogens is 192 g/mol. The van der Waals surface area contributed by atoms with Gasteiger partial charge in [0.05, 0.1) is 11.4 Å². The molecule has 2 nitrogen and oxygen atoms in total. The van der Waals surface area contributed by atoms with Crippen LogP contribution in [-0.4, -0.2) is 18.1 Å². The van der Waals surface area contributed by atoms with Crippen molar-refractivity contribution >= 4 is 23.1 Å². The number of benzene rings is 1. The highest BCUT2D eigenvalue weighted by atomic mass is 32.2. The topological polar surface area (TPSA) is 38.0 Å². The van der Waals surface area contributed by atoms with Gasteiger partial charge in [-0.2, -0.15) is 11.8 Å². The molecule has 1 rings (SSSR count). The molecule has 78 valence electrons. The molecule has 0 amide bonds. The first-order chi connectivity index (χ1) is 6.65. The first-order valence-corrected chi connectivity index (χ1v) is 6.15. The summed E-state index contributed by atoms with van der Waals surface area (Å²) in [5.41, 5.74) is 9.01. The van der Waals surface area contributed by atoms with Crippen LogP contribution in [0.15, 0.2) is 18.2 Å². The monoisotopic (exact) mass is 210 g/mol. The molecule has 0 fully saturated rings. The summed E-state index contributed by atoms with van der Waals surface area (Å²) in [6.45, 7) is 4.24. The minimum atomic E-state index is 0.452. The smallest absolute Gasteiger partial charge is 0.0605 e. The van der Waals surface area contributed by atoms with E-state index in [9.17, 15) is 0 Å². The minimum Gasteiger partial charge on any atom is -0.397 e. The predicted molar refractivity (Wildman–Crippen MR) is 67.1 cm³/mol. The standard InChI is InChI=1S/C11H18N2S/c1-8-5-4-6-10(12)11(8)13-9(2)7-14-3/h4-6,9,13H,7,12H2,1-3H3. The van der Waals surface area contributed by atoms with Crippen LogP contribution >= 0.6 is 11.8 Å². The molecule has 0 aliphatic heterocycles. The zero-order valence-corrected chi connectivity index (χ0v) is 9.82. The first kappa shape index (κ1) is 11.2. The fraction of sp³-hybridized carbons (Fsp3) is 0.455. The number of hydrogen-bond donors (Lipinski definition) is 2. The molecule has 1 unspecified atom stereocenters. The number of para-hydroxylation sites is 1. The van der Waals surface area contributed by atoms with E-state index in [4.69, 9.17) is 5.73 Å². The van der Waals surface area contributed by atoms with E-state index < -0.39 is 0 Å². The van der Waals surface area contributed by atoms with Crippen molar-refractivity contribution in [2.24, 2.45) is 0 Å². The van der Waals surface area contributed by atoms with Crippen LogP contribution in [0.5, 0.6) is 0 Å². The number of aryl methyl sites for hydroxylation is 1. The third-order valence-corrected chi connectivity index (χ3v) is 2.95. The summed E-state index contributed by atoms with van der Waals surface area (Å²) in [7, 11) is 0. The van der Waals surface area contributed by atoms with Crippen LogP contribution in [0.25, 0.3) is 0 Å². The fourth-order valence-electron chi connectivity index (χ4n) is 1.43. The minimum absolute atomic E-state index is 0.452. The van der Waals surface area contributed by atoms with Gasteiger partial charge in [0.15, 0.2) is 0 Å². The zero-order chi connectivity index (χ0) is 10.6. The van der Waals surface area contributed by atoms with Gasteiger partial charge in [-0.1, -0.05) is 12.1 Å². The fourth-order valence-corrected chi connectivity index (χ4v) is 2.01. The third kappa shape index (κ3) is 2.84. The second kappa shape index (κ2) is 5.15. The number of anilines is 2. The summed E-state index contributed by atoms with van der Waals surface area (Å²) >= 11 is 1.84. The van der Waals surface area contributed by atoms with Crippen molar-refractivity contribution in [2.45, 2.75) is 19.9 Å². The number of nitrogens with one attached hydrogen (secondary N) is 1. The largest absolute Gasteiger partial charge is 0.397 e. The summed E-state index contributed by atoms with van der Waals surface area (Å²) in [6.07, 6.45) is 2.11. The molecule has 3 heteroatoms. The lowest BCUT2D eigenvalue weighted by molar-refractivity contribution is 0.913. The zero-order valence-electron chi connectivity index (χ0n) is 9.00. The van der Waals surface area contributed by atoms with Crippen molar-refractivity contribution in [1.82, 2.24) is 0 Å². The van der Waals surface area contributed by atoms with Gasteiger partial charge in [-0.15, -0.1) is 0 Å². The third-order valence-electron chi connectivity index (χ3n) is 2.11. The van der Waals surface area contributed by atoms with Crippen LogP contribution in [0.3, 0.4) is 0 Å². The van der Waals surface area contributed by atoms with Crippen LogP contribution < -0.4 is 11.1 Å². The molecule has 3 N–H and O–H groups in total. The number of thioether (sulfide) groups is 1. The van der Waals surface area contributed by atoms with E-state index >= 15 is 0 Å². The van der Waals surface area contributed by atoms with Crippen molar-refractivity contribution < 1.29 is 0 Å². The van der Waals surface area contributed by atoms with Crippen LogP contribution in [0.1, 0.15) is 12.5 Å². The normalized spacial score (nSPS) is 12.5. The van der Waals surface area contributed by atoms with E-state index in [1.165, 1.54) is 5.56 Å². The van der Waals surface area contributed by atoms with Gasteiger partial charge in [-0.3, -0.25) is 0 Å². The second-order valence-electron chi connectivity index (χ2n) is 3.54. The van der Waals surface area contributed by atoms with E-state index in [-0.39, 0.29) is 0 Å². The van der Waals surface area contributed by atoms with Crippen LogP contribution in [0.2, 0.25) is 0 Å². The molecule has 0 saturated carbocycles. The maximum absolute atomic E-state index is 5.90. The Morgan fingerprint density at radius 1 is 1.50 bits per heavy atom. The summed E-state index contributed by atoms with van der Waals surface area (Å²) < 4.78 is 0. The Hall–Kier alpha value is -0.830. The van der Waals surface area contributed by atoms with Crippen LogP contribution in [-0.2, 0) is 0 Å². The quantitative estimate of drug-likeness (QED) is 0.750. The molecule has 0 radical (unpaired) electrons. The van der Waals surface area contributed by atoms with Crippen molar-refractivity contribution in [3.63, 3.8) is 0 Å². The average Bonchev–Trinajstić information content (AvgIpc) is 2.12. The highest BCUT2D eigenvalue weighted by molar-refractivity contribution is 7.98. The van der Waals surface area contributed by atoms with Gasteiger partial charge in [0.1, 0.15) is 0 Å². The molecule has 0 aromatic heterocycles. The molecule has 0 aliphatic rings. The van der Waals surface area contributed by atoms with Gasteiger partial charge in [-0.05, 0) is 31.7 Å². The molecule has 1 aromatic rings. The van der Waals surface area contributed by atoms with E-state index in [1.807, 2.05) is 23.9 Å². The molecule has 0 bridgehead atoms. The van der Waals surface area contributed by atoms with Gasteiger partial charge < -0.3 is 11.1 Å². The lowest BCUT2D eigenvalue weighted by Gasteiger charge is -2.17. The SMILES string of the molecule is CSCC(C)Nc1c(C)cccc1N. The molecule has 0 spiro atoms. The van der Waals surface area contributed by atoms with Gasteiger partial charge >= 0.3 is 0 Å². The molecular formula is C11H18N2S. The van der Waals surface area contributed by atoms with E-state index in [0.29, 0.717) is 6.04 Å². The van der Waals surface area contributed by atoms with Gasteiger partial charge in [0, 0.05) is 11.8 Å². The highest BCUT2D eigenvalue weighted by Gasteiger charge is 2.05. The van der Waals surface area contributed by atoms with Gasteiger partial charge in [0.2, 0.25) is 0 Å². The molecule has 0 saturated heterocycles. The molecule has 1 atom stereocenters. The number of nitrogen functional groups attached to an aromatic ring is 1. The predicted octanol–water partition coefficient (Wildman–Crippen LogP) is 2.74. The summed E-state index contributed by atoms with van der Waals surface area (Å²) in [5, 5.41) is 3.43. The molecule has 1 aromatic carbocycles. The lowest BCUT2D eigenvalue weighted by atomic mass is 10.1. The number of hydrogen-bond acceptors (Lipinski definition) is 3. The van der Waals surface area contributed by atoms with Crippen LogP contribution in [0, 0.1) is 6.92 Å². The lowest BCUT2D eigenvalue weighted by Crippen LogP contribution is -2.19. The Morgan fingerprint density at radius 3 is 2.79 bits per heavy atom. The van der Waals surface area contributed by atoms with Gasteiger partial charge in [-0.25, -0.2) is 0 Å². The summed E-state index contributed by atoms with van der Waals surface area (Å²) in [5.74, 6) is 1.09. The van der Waals surface area contributed by atoms with Crippen molar-refractivity contribution in [2.75, 3.05) is 23.1 Å². The van der Waals surface area contributed by atoms with E-state index in [1.54, 1.807) is 0 Å². The first-order valence-electron chi connectivity index (χ1n) is 4.75.